The SMILES string of the molecule is Cc1cccc(OCC(=O)Nc2ccc(S(=O)(=O)NC(C)C)cc2)c1C. The Labute approximate surface area is 154 Å². The standard InChI is InChI=1S/C19H24N2O4S/c1-13(2)21-26(23,24)17-10-8-16(9-11-17)20-19(22)12-25-18-7-5-6-14(3)15(18)4/h5-11,13,21H,12H2,1-4H3,(H,20,22). The molecule has 6 nitrogen and oxygen atoms in total. The molecule has 7 heteroatoms. The molecule has 0 aromatic heterocycles. The summed E-state index contributed by atoms with van der Waals surface area (Å²) in [4.78, 5) is 12.2. The first-order valence-electron chi connectivity index (χ1n) is 8.30. The highest BCUT2D eigenvalue weighted by atomic mass is 32.2. The minimum absolute atomic E-state index is 0.126. The maximum absolute atomic E-state index is 12.1. The van der Waals surface area contributed by atoms with Crippen molar-refractivity contribution in [2.75, 3.05) is 11.9 Å². The number of ether oxygens (including phenoxy) is 1. The summed E-state index contributed by atoms with van der Waals surface area (Å²) in [5, 5.41) is 2.69. The molecular formula is C19H24N2O4S. The van der Waals surface area contributed by atoms with Gasteiger partial charge in [-0.1, -0.05) is 12.1 Å². The highest BCUT2D eigenvalue weighted by Crippen LogP contribution is 2.20. The van der Waals surface area contributed by atoms with Crippen molar-refractivity contribution in [3.05, 3.63) is 53.6 Å². The topological polar surface area (TPSA) is 84.5 Å². The summed E-state index contributed by atoms with van der Waals surface area (Å²) in [6.45, 7) is 7.29. The van der Waals surface area contributed by atoms with Gasteiger partial charge in [0.05, 0.1) is 4.90 Å². The smallest absolute Gasteiger partial charge is 0.262 e. The van der Waals surface area contributed by atoms with E-state index in [1.807, 2.05) is 32.0 Å². The average molecular weight is 376 g/mol. The van der Waals surface area contributed by atoms with Gasteiger partial charge in [-0.25, -0.2) is 13.1 Å². The van der Waals surface area contributed by atoms with E-state index in [1.165, 1.54) is 12.1 Å². The van der Waals surface area contributed by atoms with Gasteiger partial charge in [0, 0.05) is 11.7 Å². The molecule has 0 bridgehead atoms. The van der Waals surface area contributed by atoms with Crippen LogP contribution in [0.2, 0.25) is 0 Å². The quantitative estimate of drug-likeness (QED) is 0.778. The third-order valence-electron chi connectivity index (χ3n) is 3.75. The van der Waals surface area contributed by atoms with Gasteiger partial charge in [0.25, 0.3) is 5.91 Å². The molecule has 0 saturated carbocycles. The number of hydrogen-bond donors (Lipinski definition) is 2. The van der Waals surface area contributed by atoms with E-state index in [4.69, 9.17) is 4.74 Å². The van der Waals surface area contributed by atoms with Crippen molar-refractivity contribution >= 4 is 21.6 Å². The molecule has 2 aromatic carbocycles. The number of rotatable bonds is 7. The number of sulfonamides is 1. The van der Waals surface area contributed by atoms with Crippen molar-refractivity contribution < 1.29 is 17.9 Å². The summed E-state index contributed by atoms with van der Waals surface area (Å²) in [6.07, 6.45) is 0. The van der Waals surface area contributed by atoms with Crippen molar-refractivity contribution in [1.82, 2.24) is 4.72 Å². The van der Waals surface area contributed by atoms with Gasteiger partial charge in [-0.2, -0.15) is 0 Å². The fourth-order valence-corrected chi connectivity index (χ4v) is 3.57. The fourth-order valence-electron chi connectivity index (χ4n) is 2.32. The molecule has 0 atom stereocenters. The molecule has 140 valence electrons. The van der Waals surface area contributed by atoms with Gasteiger partial charge in [0.1, 0.15) is 5.75 Å². The van der Waals surface area contributed by atoms with Crippen LogP contribution < -0.4 is 14.8 Å². The number of anilines is 1. The van der Waals surface area contributed by atoms with Crippen molar-refractivity contribution in [2.45, 2.75) is 38.6 Å². The molecule has 0 saturated heterocycles. The highest BCUT2D eigenvalue weighted by molar-refractivity contribution is 7.89. The number of benzene rings is 2. The van der Waals surface area contributed by atoms with Gasteiger partial charge in [0.2, 0.25) is 10.0 Å². The molecule has 0 aliphatic heterocycles. The Balaban J connectivity index is 1.96. The molecule has 26 heavy (non-hydrogen) atoms. The minimum atomic E-state index is -3.55. The summed E-state index contributed by atoms with van der Waals surface area (Å²) >= 11 is 0. The molecular weight excluding hydrogens is 352 g/mol. The molecule has 2 aromatic rings. The first-order valence-corrected chi connectivity index (χ1v) is 9.78. The Morgan fingerprint density at radius 2 is 1.73 bits per heavy atom. The lowest BCUT2D eigenvalue weighted by Gasteiger charge is -2.12. The van der Waals surface area contributed by atoms with Crippen LogP contribution in [0.4, 0.5) is 5.69 Å². The van der Waals surface area contributed by atoms with E-state index >= 15 is 0 Å². The number of hydrogen-bond acceptors (Lipinski definition) is 4. The normalized spacial score (nSPS) is 11.4. The summed E-state index contributed by atoms with van der Waals surface area (Å²) in [5.74, 6) is 0.350. The Kier molecular flexibility index (Phi) is 6.39. The van der Waals surface area contributed by atoms with Crippen LogP contribution in [-0.4, -0.2) is 27.0 Å². The molecule has 0 spiro atoms. The molecule has 1 amide bonds. The molecule has 2 rings (SSSR count). The Bertz CT molecular complexity index is 875. The monoisotopic (exact) mass is 376 g/mol. The largest absolute Gasteiger partial charge is 0.483 e. The van der Waals surface area contributed by atoms with Crippen molar-refractivity contribution in [3.8, 4) is 5.75 Å². The summed E-state index contributed by atoms with van der Waals surface area (Å²) in [7, 11) is -3.55. The summed E-state index contributed by atoms with van der Waals surface area (Å²) < 4.78 is 32.2. The van der Waals surface area contributed by atoms with Gasteiger partial charge in [0.15, 0.2) is 6.61 Å². The summed E-state index contributed by atoms with van der Waals surface area (Å²) in [5.41, 5.74) is 2.59. The van der Waals surface area contributed by atoms with Crippen LogP contribution in [0.1, 0.15) is 25.0 Å². The Hall–Kier alpha value is -2.38. The number of carbonyl (C=O) groups is 1. The van der Waals surface area contributed by atoms with E-state index in [9.17, 15) is 13.2 Å². The number of aryl methyl sites for hydroxylation is 1. The lowest BCUT2D eigenvalue weighted by Crippen LogP contribution is -2.30. The van der Waals surface area contributed by atoms with E-state index in [2.05, 4.69) is 10.0 Å². The number of carbonyl (C=O) groups excluding carboxylic acids is 1. The fraction of sp³-hybridized carbons (Fsp3) is 0.316. The average Bonchev–Trinajstić information content (AvgIpc) is 2.55. The zero-order chi connectivity index (χ0) is 19.3. The lowest BCUT2D eigenvalue weighted by atomic mass is 10.1. The lowest BCUT2D eigenvalue weighted by molar-refractivity contribution is -0.118. The molecule has 0 unspecified atom stereocenters. The molecule has 0 aliphatic rings. The number of nitrogens with one attached hydrogen (secondary N) is 2. The number of amides is 1. The van der Waals surface area contributed by atoms with E-state index < -0.39 is 10.0 Å². The zero-order valence-corrected chi connectivity index (χ0v) is 16.2. The van der Waals surface area contributed by atoms with Crippen LogP contribution >= 0.6 is 0 Å². The Morgan fingerprint density at radius 3 is 2.35 bits per heavy atom. The van der Waals surface area contributed by atoms with Gasteiger partial charge in [-0.15, -0.1) is 0 Å². The van der Waals surface area contributed by atoms with Gasteiger partial charge in [-0.05, 0) is 69.2 Å². The first kappa shape index (κ1) is 19.9. The van der Waals surface area contributed by atoms with Crippen molar-refractivity contribution in [2.24, 2.45) is 0 Å². The van der Waals surface area contributed by atoms with Crippen LogP contribution in [0.5, 0.6) is 5.75 Å². The van der Waals surface area contributed by atoms with Gasteiger partial charge < -0.3 is 10.1 Å². The van der Waals surface area contributed by atoms with Gasteiger partial charge >= 0.3 is 0 Å². The molecule has 0 radical (unpaired) electrons. The summed E-state index contributed by atoms with van der Waals surface area (Å²) in [6, 6.07) is 11.5. The van der Waals surface area contributed by atoms with Crippen LogP contribution in [-0.2, 0) is 14.8 Å². The van der Waals surface area contributed by atoms with Gasteiger partial charge in [-0.3, -0.25) is 4.79 Å². The van der Waals surface area contributed by atoms with E-state index in [-0.39, 0.29) is 23.5 Å². The van der Waals surface area contributed by atoms with Crippen LogP contribution in [0.3, 0.4) is 0 Å². The third kappa shape index (κ3) is 5.31. The second kappa shape index (κ2) is 8.33. The van der Waals surface area contributed by atoms with E-state index in [0.29, 0.717) is 11.4 Å². The predicted octanol–water partition coefficient (Wildman–Crippen LogP) is 3.01. The van der Waals surface area contributed by atoms with Crippen LogP contribution in [0, 0.1) is 13.8 Å². The predicted molar refractivity (Wildman–Crippen MR) is 102 cm³/mol. The zero-order valence-electron chi connectivity index (χ0n) is 15.4. The maximum atomic E-state index is 12.1. The first-order chi connectivity index (χ1) is 12.2. The van der Waals surface area contributed by atoms with Crippen molar-refractivity contribution in [1.29, 1.82) is 0 Å². The minimum Gasteiger partial charge on any atom is -0.483 e. The maximum Gasteiger partial charge on any atom is 0.262 e. The van der Waals surface area contributed by atoms with Crippen LogP contribution in [0.25, 0.3) is 0 Å². The molecule has 0 heterocycles. The second-order valence-corrected chi connectivity index (χ2v) is 8.05. The van der Waals surface area contributed by atoms with Crippen molar-refractivity contribution in [3.63, 3.8) is 0 Å². The third-order valence-corrected chi connectivity index (χ3v) is 5.43. The highest BCUT2D eigenvalue weighted by Gasteiger charge is 2.15. The van der Waals surface area contributed by atoms with E-state index in [0.717, 1.165) is 11.1 Å². The molecule has 2 N–H and O–H groups in total. The Morgan fingerprint density at radius 1 is 1.08 bits per heavy atom. The van der Waals surface area contributed by atoms with E-state index in [1.54, 1.807) is 26.0 Å². The second-order valence-electron chi connectivity index (χ2n) is 6.34. The van der Waals surface area contributed by atoms with Crippen LogP contribution in [0.15, 0.2) is 47.4 Å². The molecule has 0 fully saturated rings. The molecule has 0 aliphatic carbocycles.